The number of halogens is 1. The predicted octanol–water partition coefficient (Wildman–Crippen LogP) is 2.29. The molecular formula is C25H23FN6O5S. The molecular weight excluding hydrogens is 515 g/mol. The molecule has 196 valence electrons. The standard InChI is InChI=1S/C25H23FN6O5S/c1-31(10-9-17-5-2-3-8-23(17)26)24(33)18-6-4-7-22(12-18)38(36,37)28-14-20-16-32(30-29-20)21-11-19(25(34)35)13-27-15-21/h2-8,11-13,15-16,28H,9-10,14H2,1H3,(H,34,35). The number of nitrogens with one attached hydrogen (secondary N) is 1. The lowest BCUT2D eigenvalue weighted by molar-refractivity contribution is 0.0695. The lowest BCUT2D eigenvalue weighted by Gasteiger charge is -2.18. The number of sulfonamides is 1. The van der Waals surface area contributed by atoms with E-state index in [4.69, 9.17) is 5.11 Å². The van der Waals surface area contributed by atoms with Crippen molar-refractivity contribution in [2.45, 2.75) is 17.9 Å². The molecule has 1 amide bonds. The molecule has 0 radical (unpaired) electrons. The predicted molar refractivity (Wildman–Crippen MR) is 134 cm³/mol. The normalized spacial score (nSPS) is 11.3. The fourth-order valence-electron chi connectivity index (χ4n) is 3.54. The Morgan fingerprint density at radius 1 is 1.08 bits per heavy atom. The number of carbonyl (C=O) groups is 2. The third-order valence-corrected chi connectivity index (χ3v) is 7.03. The van der Waals surface area contributed by atoms with Crippen LogP contribution in [0.2, 0.25) is 0 Å². The van der Waals surface area contributed by atoms with Crippen molar-refractivity contribution in [2.24, 2.45) is 0 Å². The molecule has 13 heteroatoms. The van der Waals surface area contributed by atoms with E-state index in [2.05, 4.69) is 20.0 Å². The van der Waals surface area contributed by atoms with Crippen LogP contribution in [0.3, 0.4) is 0 Å². The van der Waals surface area contributed by atoms with Crippen molar-refractivity contribution in [3.05, 3.63) is 101 Å². The first-order chi connectivity index (χ1) is 18.1. The van der Waals surface area contributed by atoms with E-state index in [1.807, 2.05) is 0 Å². The van der Waals surface area contributed by atoms with Crippen LogP contribution >= 0.6 is 0 Å². The van der Waals surface area contributed by atoms with Gasteiger partial charge in [-0.3, -0.25) is 9.78 Å². The van der Waals surface area contributed by atoms with Crippen LogP contribution in [0.4, 0.5) is 4.39 Å². The summed E-state index contributed by atoms with van der Waals surface area (Å²) in [6, 6.07) is 13.3. The van der Waals surface area contributed by atoms with Gasteiger partial charge in [-0.15, -0.1) is 5.10 Å². The van der Waals surface area contributed by atoms with Gasteiger partial charge in [-0.05, 0) is 42.3 Å². The van der Waals surface area contributed by atoms with E-state index in [1.54, 1.807) is 25.2 Å². The van der Waals surface area contributed by atoms with Gasteiger partial charge in [0, 0.05) is 25.4 Å². The van der Waals surface area contributed by atoms with Crippen LogP contribution in [-0.4, -0.2) is 63.9 Å². The smallest absolute Gasteiger partial charge is 0.337 e. The van der Waals surface area contributed by atoms with Crippen LogP contribution in [0, 0.1) is 5.82 Å². The Morgan fingerprint density at radius 3 is 2.63 bits per heavy atom. The first-order valence-corrected chi connectivity index (χ1v) is 12.8. The number of aromatic nitrogens is 4. The number of carboxylic acid groups (broad SMARTS) is 1. The molecule has 2 heterocycles. The highest BCUT2D eigenvalue weighted by atomic mass is 32.2. The second-order valence-electron chi connectivity index (χ2n) is 8.31. The van der Waals surface area contributed by atoms with Crippen molar-refractivity contribution in [3.63, 3.8) is 0 Å². The fourth-order valence-corrected chi connectivity index (χ4v) is 4.58. The maximum Gasteiger partial charge on any atom is 0.337 e. The molecule has 11 nitrogen and oxygen atoms in total. The molecule has 0 spiro atoms. The summed E-state index contributed by atoms with van der Waals surface area (Å²) in [7, 11) is -2.45. The Hall–Kier alpha value is -4.49. The largest absolute Gasteiger partial charge is 0.478 e. The summed E-state index contributed by atoms with van der Waals surface area (Å²) in [6.45, 7) is 0.0463. The number of pyridine rings is 1. The third kappa shape index (κ3) is 6.25. The first-order valence-electron chi connectivity index (χ1n) is 11.3. The highest BCUT2D eigenvalue weighted by Gasteiger charge is 2.19. The first kappa shape index (κ1) is 26.6. The van der Waals surface area contributed by atoms with Crippen LogP contribution in [0.25, 0.3) is 5.69 Å². The van der Waals surface area contributed by atoms with Crippen LogP contribution < -0.4 is 4.72 Å². The molecule has 4 rings (SSSR count). The lowest BCUT2D eigenvalue weighted by atomic mass is 10.1. The summed E-state index contributed by atoms with van der Waals surface area (Å²) in [5.41, 5.74) is 1.23. The quantitative estimate of drug-likeness (QED) is 0.313. The van der Waals surface area contributed by atoms with E-state index in [0.717, 1.165) is 0 Å². The summed E-state index contributed by atoms with van der Waals surface area (Å²) < 4.78 is 43.3. The topological polar surface area (TPSA) is 147 Å². The van der Waals surface area contributed by atoms with Crippen molar-refractivity contribution in [1.82, 2.24) is 29.6 Å². The minimum Gasteiger partial charge on any atom is -0.478 e. The summed E-state index contributed by atoms with van der Waals surface area (Å²) in [5, 5.41) is 16.9. The van der Waals surface area contributed by atoms with E-state index in [0.29, 0.717) is 17.7 Å². The number of carbonyl (C=O) groups excluding carboxylic acids is 1. The average Bonchev–Trinajstić information content (AvgIpc) is 3.40. The number of nitrogens with zero attached hydrogens (tertiary/aromatic N) is 5. The molecule has 2 N–H and O–H groups in total. The number of carboxylic acids is 1. The molecule has 0 fully saturated rings. The van der Waals surface area contributed by atoms with Crippen LogP contribution in [0.5, 0.6) is 0 Å². The number of benzene rings is 2. The van der Waals surface area contributed by atoms with Gasteiger partial charge in [0.2, 0.25) is 10.0 Å². The van der Waals surface area contributed by atoms with Gasteiger partial charge in [0.15, 0.2) is 0 Å². The van der Waals surface area contributed by atoms with Crippen LogP contribution in [-0.2, 0) is 23.0 Å². The molecule has 0 aliphatic carbocycles. The van der Waals surface area contributed by atoms with Gasteiger partial charge in [0.1, 0.15) is 5.82 Å². The van der Waals surface area contributed by atoms with Crippen molar-refractivity contribution in [2.75, 3.05) is 13.6 Å². The van der Waals surface area contributed by atoms with E-state index < -0.39 is 21.9 Å². The Bertz CT molecular complexity index is 1590. The van der Waals surface area contributed by atoms with Crippen molar-refractivity contribution in [1.29, 1.82) is 0 Å². The van der Waals surface area contributed by atoms with E-state index in [1.165, 1.54) is 64.6 Å². The fraction of sp³-hybridized carbons (Fsp3) is 0.160. The number of rotatable bonds is 10. The molecule has 2 aromatic heterocycles. The monoisotopic (exact) mass is 538 g/mol. The zero-order valence-electron chi connectivity index (χ0n) is 20.2. The minimum absolute atomic E-state index is 0.0347. The zero-order valence-corrected chi connectivity index (χ0v) is 21.0. The molecule has 0 unspecified atom stereocenters. The van der Waals surface area contributed by atoms with Gasteiger partial charge in [0.25, 0.3) is 5.91 Å². The lowest BCUT2D eigenvalue weighted by Crippen LogP contribution is -2.29. The van der Waals surface area contributed by atoms with Gasteiger partial charge in [-0.1, -0.05) is 29.5 Å². The molecule has 0 saturated heterocycles. The number of amides is 1. The molecule has 0 bridgehead atoms. The Morgan fingerprint density at radius 2 is 1.87 bits per heavy atom. The Labute approximate surface area is 217 Å². The molecule has 0 aliphatic heterocycles. The molecule has 2 aromatic carbocycles. The van der Waals surface area contributed by atoms with Gasteiger partial charge >= 0.3 is 5.97 Å². The Balaban J connectivity index is 1.41. The minimum atomic E-state index is -4.01. The van der Waals surface area contributed by atoms with Crippen molar-refractivity contribution < 1.29 is 27.5 Å². The highest BCUT2D eigenvalue weighted by Crippen LogP contribution is 2.15. The number of hydrogen-bond donors (Lipinski definition) is 2. The van der Waals surface area contributed by atoms with Gasteiger partial charge in [-0.25, -0.2) is 27.0 Å². The van der Waals surface area contributed by atoms with Gasteiger partial charge in [0.05, 0.1) is 40.8 Å². The second-order valence-corrected chi connectivity index (χ2v) is 10.1. The summed E-state index contributed by atoms with van der Waals surface area (Å²) in [6.07, 6.45) is 4.34. The molecule has 0 saturated carbocycles. The second kappa shape index (κ2) is 11.3. The number of likely N-dealkylation sites (N-methyl/N-ethyl adjacent to an activating group) is 1. The van der Waals surface area contributed by atoms with E-state index in [-0.39, 0.29) is 40.6 Å². The number of aromatic carboxylic acids is 1. The average molecular weight is 539 g/mol. The maximum absolute atomic E-state index is 13.9. The van der Waals surface area contributed by atoms with E-state index in [9.17, 15) is 22.4 Å². The van der Waals surface area contributed by atoms with Crippen LogP contribution in [0.1, 0.15) is 32.0 Å². The molecule has 38 heavy (non-hydrogen) atoms. The number of hydrogen-bond acceptors (Lipinski definition) is 7. The highest BCUT2D eigenvalue weighted by molar-refractivity contribution is 7.89. The summed E-state index contributed by atoms with van der Waals surface area (Å²) in [4.78, 5) is 29.2. The van der Waals surface area contributed by atoms with Crippen molar-refractivity contribution in [3.8, 4) is 5.69 Å². The maximum atomic E-state index is 13.9. The zero-order chi connectivity index (χ0) is 27.3. The van der Waals surface area contributed by atoms with Crippen molar-refractivity contribution >= 4 is 21.9 Å². The molecule has 4 aromatic rings. The van der Waals surface area contributed by atoms with Gasteiger partial charge in [-0.2, -0.15) is 0 Å². The van der Waals surface area contributed by atoms with E-state index >= 15 is 0 Å². The Kier molecular flexibility index (Phi) is 7.88. The summed E-state index contributed by atoms with van der Waals surface area (Å²) >= 11 is 0. The SMILES string of the molecule is CN(CCc1ccccc1F)C(=O)c1cccc(S(=O)(=O)NCc2cn(-c3cncc(C(=O)O)c3)nn2)c1. The van der Waals surface area contributed by atoms with Crippen LogP contribution in [0.15, 0.2) is 78.1 Å². The van der Waals surface area contributed by atoms with Gasteiger partial charge < -0.3 is 10.0 Å². The summed E-state index contributed by atoms with van der Waals surface area (Å²) in [5.74, 6) is -1.90. The molecule has 0 atom stereocenters. The third-order valence-electron chi connectivity index (χ3n) is 5.63. The molecule has 0 aliphatic rings.